The molecule has 0 heterocycles. The van der Waals surface area contributed by atoms with Crippen molar-refractivity contribution in [1.82, 2.24) is 0 Å². The summed E-state index contributed by atoms with van der Waals surface area (Å²) >= 11 is 0. The average Bonchev–Trinajstić information content (AvgIpc) is 2.02. The summed E-state index contributed by atoms with van der Waals surface area (Å²) in [6, 6.07) is 0. The van der Waals surface area contributed by atoms with Gasteiger partial charge in [0, 0.05) is 0 Å². The molecule has 12 heavy (non-hydrogen) atoms. The zero-order valence-electron chi connectivity index (χ0n) is 6.22. The normalized spacial score (nSPS) is 12.8. The van der Waals surface area contributed by atoms with E-state index in [0.29, 0.717) is 0 Å². The first kappa shape index (κ1) is 10.9. The molecule has 6 heteroatoms. The average molecular weight is 184 g/mol. The van der Waals surface area contributed by atoms with Crippen molar-refractivity contribution in [2.45, 2.75) is 19.5 Å². The third-order valence-electron chi connectivity index (χ3n) is 0.958. The highest BCUT2D eigenvalue weighted by molar-refractivity contribution is 6.03. The molecule has 0 fully saturated rings. The predicted octanol–water partition coefficient (Wildman–Crippen LogP) is 0.722. The molecule has 0 rings (SSSR count). The third kappa shape index (κ3) is 2.89. The zero-order valence-corrected chi connectivity index (χ0v) is 6.22. The van der Waals surface area contributed by atoms with Gasteiger partial charge in [0.05, 0.1) is 6.61 Å². The van der Waals surface area contributed by atoms with Crippen molar-refractivity contribution in [2.75, 3.05) is 6.61 Å². The van der Waals surface area contributed by atoms with Crippen molar-refractivity contribution < 1.29 is 27.5 Å². The van der Waals surface area contributed by atoms with Gasteiger partial charge < -0.3 is 4.74 Å². The lowest BCUT2D eigenvalue weighted by molar-refractivity contribution is -0.156. The van der Waals surface area contributed by atoms with Gasteiger partial charge in [-0.1, -0.05) is 0 Å². The van der Waals surface area contributed by atoms with E-state index in [2.05, 4.69) is 4.74 Å². The van der Waals surface area contributed by atoms with Crippen LogP contribution in [0.4, 0.5) is 13.2 Å². The maximum Gasteiger partial charge on any atom is 0.348 e. The Morgan fingerprint density at radius 3 is 2.17 bits per heavy atom. The Bertz CT molecular complexity index is 181. The molecular formula is C6H7F3O3. The van der Waals surface area contributed by atoms with Crippen LogP contribution in [0.3, 0.4) is 0 Å². The molecule has 0 aromatic rings. The van der Waals surface area contributed by atoms with Gasteiger partial charge in [0.1, 0.15) is 0 Å². The van der Waals surface area contributed by atoms with E-state index < -0.39 is 24.3 Å². The molecule has 0 aromatic carbocycles. The Morgan fingerprint density at radius 1 is 1.33 bits per heavy atom. The molecule has 1 atom stereocenters. The lowest BCUT2D eigenvalue weighted by atomic mass is 10.2. The van der Waals surface area contributed by atoms with Crippen molar-refractivity contribution >= 4 is 11.8 Å². The van der Waals surface area contributed by atoms with Gasteiger partial charge in [-0.25, -0.2) is 18.0 Å². The Hall–Kier alpha value is -1.07. The van der Waals surface area contributed by atoms with E-state index in [1.807, 2.05) is 0 Å². The Balaban J connectivity index is 4.10. The Morgan fingerprint density at radius 2 is 1.83 bits per heavy atom. The summed E-state index contributed by atoms with van der Waals surface area (Å²) in [7, 11) is 0. The minimum absolute atomic E-state index is 0.157. The smallest absolute Gasteiger partial charge is 0.348 e. The van der Waals surface area contributed by atoms with Crippen LogP contribution in [0.5, 0.6) is 0 Å². The number of carbonyl (C=O) groups excluding carboxylic acids is 2. The van der Waals surface area contributed by atoms with E-state index in [9.17, 15) is 22.8 Å². The SMILES string of the molecule is CCOC(=O)[C@@H](F)C(=O)C(F)F. The van der Waals surface area contributed by atoms with E-state index in [0.717, 1.165) is 0 Å². The first-order valence-electron chi connectivity index (χ1n) is 3.13. The van der Waals surface area contributed by atoms with Gasteiger partial charge in [0.15, 0.2) is 0 Å². The topological polar surface area (TPSA) is 43.4 Å². The van der Waals surface area contributed by atoms with Gasteiger partial charge in [0.25, 0.3) is 12.6 Å². The number of halogens is 3. The fraction of sp³-hybridized carbons (Fsp3) is 0.667. The summed E-state index contributed by atoms with van der Waals surface area (Å²) in [6.07, 6.45) is -6.35. The molecule has 70 valence electrons. The molecule has 0 amide bonds. The lowest BCUT2D eigenvalue weighted by Crippen LogP contribution is -2.32. The summed E-state index contributed by atoms with van der Waals surface area (Å²) in [5.41, 5.74) is 0. The van der Waals surface area contributed by atoms with Crippen molar-refractivity contribution in [3.8, 4) is 0 Å². The van der Waals surface area contributed by atoms with Crippen LogP contribution in [0, 0.1) is 0 Å². The van der Waals surface area contributed by atoms with Crippen LogP contribution in [-0.4, -0.2) is 31.0 Å². The maximum absolute atomic E-state index is 12.3. The van der Waals surface area contributed by atoms with E-state index in [1.165, 1.54) is 6.92 Å². The number of esters is 1. The molecule has 0 unspecified atom stereocenters. The van der Waals surface area contributed by atoms with Crippen LogP contribution in [-0.2, 0) is 14.3 Å². The minimum Gasteiger partial charge on any atom is -0.463 e. The number of ether oxygens (including phenoxy) is 1. The first-order valence-corrected chi connectivity index (χ1v) is 3.13. The lowest BCUT2D eigenvalue weighted by Gasteiger charge is -2.04. The van der Waals surface area contributed by atoms with Crippen LogP contribution in [0.15, 0.2) is 0 Å². The second-order valence-corrected chi connectivity index (χ2v) is 1.82. The second-order valence-electron chi connectivity index (χ2n) is 1.82. The van der Waals surface area contributed by atoms with Gasteiger partial charge >= 0.3 is 5.97 Å². The highest BCUT2D eigenvalue weighted by atomic mass is 19.3. The minimum atomic E-state index is -3.48. The number of hydrogen-bond donors (Lipinski definition) is 0. The van der Waals surface area contributed by atoms with Crippen LogP contribution < -0.4 is 0 Å². The van der Waals surface area contributed by atoms with E-state index in [1.54, 1.807) is 0 Å². The van der Waals surface area contributed by atoms with Crippen molar-refractivity contribution in [3.05, 3.63) is 0 Å². The third-order valence-corrected chi connectivity index (χ3v) is 0.958. The molecule has 0 radical (unpaired) electrons. The maximum atomic E-state index is 12.3. The standard InChI is InChI=1S/C6H7F3O3/c1-2-12-6(11)3(7)4(10)5(8)9/h3,5H,2H2,1H3/t3-/m0/s1. The number of rotatable bonds is 4. The van der Waals surface area contributed by atoms with Gasteiger partial charge in [-0.2, -0.15) is 0 Å². The molecular weight excluding hydrogens is 177 g/mol. The van der Waals surface area contributed by atoms with Crippen molar-refractivity contribution in [3.63, 3.8) is 0 Å². The summed E-state index contributed by atoms with van der Waals surface area (Å²) in [5, 5.41) is 0. The quantitative estimate of drug-likeness (QED) is 0.477. The fourth-order valence-corrected chi connectivity index (χ4v) is 0.442. The van der Waals surface area contributed by atoms with E-state index in [4.69, 9.17) is 0 Å². The number of Topliss-reactive ketones (excluding diaryl/α,β-unsaturated/α-hetero) is 1. The number of hydrogen-bond acceptors (Lipinski definition) is 3. The summed E-state index contributed by atoms with van der Waals surface area (Å²) in [5.74, 6) is -3.63. The molecule has 0 bridgehead atoms. The first-order chi connectivity index (χ1) is 5.50. The number of carbonyl (C=O) groups is 2. The molecule has 0 aliphatic heterocycles. The highest BCUT2D eigenvalue weighted by Gasteiger charge is 2.33. The highest BCUT2D eigenvalue weighted by Crippen LogP contribution is 2.04. The molecule has 3 nitrogen and oxygen atoms in total. The monoisotopic (exact) mass is 184 g/mol. The van der Waals surface area contributed by atoms with Gasteiger partial charge in [-0.3, -0.25) is 4.79 Å². The van der Waals surface area contributed by atoms with Gasteiger partial charge in [-0.05, 0) is 6.92 Å². The van der Waals surface area contributed by atoms with Gasteiger partial charge in [0.2, 0.25) is 5.78 Å². The summed E-state index contributed by atoms with van der Waals surface area (Å²) in [6.45, 7) is 1.22. The van der Waals surface area contributed by atoms with Crippen molar-refractivity contribution in [2.24, 2.45) is 0 Å². The molecule has 0 aliphatic rings. The van der Waals surface area contributed by atoms with Crippen LogP contribution in [0.2, 0.25) is 0 Å². The predicted molar refractivity (Wildman–Crippen MR) is 32.5 cm³/mol. The van der Waals surface area contributed by atoms with Crippen LogP contribution in [0.1, 0.15) is 6.92 Å². The molecule has 0 saturated heterocycles. The van der Waals surface area contributed by atoms with Crippen molar-refractivity contribution in [1.29, 1.82) is 0 Å². The van der Waals surface area contributed by atoms with Crippen LogP contribution >= 0.6 is 0 Å². The fourth-order valence-electron chi connectivity index (χ4n) is 0.442. The number of alkyl halides is 3. The van der Waals surface area contributed by atoms with Gasteiger partial charge in [-0.15, -0.1) is 0 Å². The Labute approximate surface area is 66.5 Å². The second kappa shape index (κ2) is 4.74. The molecule has 0 saturated carbocycles. The number of ketones is 1. The van der Waals surface area contributed by atoms with E-state index >= 15 is 0 Å². The Kier molecular flexibility index (Phi) is 4.31. The molecule has 0 spiro atoms. The zero-order chi connectivity index (χ0) is 9.72. The molecule has 0 aliphatic carbocycles. The summed E-state index contributed by atoms with van der Waals surface area (Å²) in [4.78, 5) is 20.5. The molecule has 0 N–H and O–H groups in total. The van der Waals surface area contributed by atoms with E-state index in [-0.39, 0.29) is 6.61 Å². The molecule has 0 aromatic heterocycles. The van der Waals surface area contributed by atoms with Crippen LogP contribution in [0.25, 0.3) is 0 Å². The largest absolute Gasteiger partial charge is 0.463 e. The summed E-state index contributed by atoms with van der Waals surface area (Å²) < 4.78 is 39.3.